The summed E-state index contributed by atoms with van der Waals surface area (Å²) >= 11 is 0. The van der Waals surface area contributed by atoms with Gasteiger partial charge in [-0.15, -0.1) is 0 Å². The summed E-state index contributed by atoms with van der Waals surface area (Å²) in [6, 6.07) is 4.48. The molecule has 206 valence electrons. The molecule has 2 fully saturated rings. The summed E-state index contributed by atoms with van der Waals surface area (Å²) in [5.41, 5.74) is -2.74. The van der Waals surface area contributed by atoms with Crippen LogP contribution in [0.4, 0.5) is 0 Å². The van der Waals surface area contributed by atoms with E-state index in [1.165, 1.54) is 26.2 Å². The van der Waals surface area contributed by atoms with Crippen molar-refractivity contribution in [1.82, 2.24) is 5.32 Å². The van der Waals surface area contributed by atoms with Gasteiger partial charge < -0.3 is 34.3 Å². The molecule has 2 aliphatic heterocycles. The molecule has 0 spiro atoms. The van der Waals surface area contributed by atoms with Crippen molar-refractivity contribution >= 4 is 17.3 Å². The summed E-state index contributed by atoms with van der Waals surface area (Å²) in [5.74, 6) is -2.85. The highest BCUT2D eigenvalue weighted by atomic mass is 16.8. The Morgan fingerprint density at radius 3 is 2.59 bits per heavy atom. The number of rotatable bonds is 4. The van der Waals surface area contributed by atoms with Gasteiger partial charge in [-0.2, -0.15) is 0 Å². The Morgan fingerprint density at radius 2 is 1.87 bits per heavy atom. The van der Waals surface area contributed by atoms with Gasteiger partial charge in [-0.1, -0.05) is 19.1 Å². The normalized spacial score (nSPS) is 31.2. The molecule has 11 nitrogen and oxygen atoms in total. The fourth-order valence-electron chi connectivity index (χ4n) is 6.25. The molecule has 2 heterocycles. The van der Waals surface area contributed by atoms with Crippen LogP contribution in [-0.2, 0) is 25.4 Å². The first kappa shape index (κ1) is 25.9. The third-order valence-corrected chi connectivity index (χ3v) is 8.37. The predicted octanol–water partition coefficient (Wildman–Crippen LogP) is 1.86. The van der Waals surface area contributed by atoms with Crippen molar-refractivity contribution in [3.8, 4) is 17.2 Å². The zero-order valence-electron chi connectivity index (χ0n) is 21.6. The van der Waals surface area contributed by atoms with E-state index < -0.39 is 53.1 Å². The lowest BCUT2D eigenvalue weighted by molar-refractivity contribution is -0.281. The summed E-state index contributed by atoms with van der Waals surface area (Å²) in [6.45, 7) is 3.55. The van der Waals surface area contributed by atoms with Crippen LogP contribution in [0, 0.1) is 5.92 Å². The van der Waals surface area contributed by atoms with Gasteiger partial charge in [0.2, 0.25) is 5.78 Å². The van der Waals surface area contributed by atoms with Gasteiger partial charge in [-0.3, -0.25) is 19.7 Å². The van der Waals surface area contributed by atoms with E-state index >= 15 is 0 Å². The molecule has 2 saturated heterocycles. The molecule has 11 heteroatoms. The number of nitrogens with one attached hydrogen (secondary N) is 1. The minimum atomic E-state index is -1.95. The lowest BCUT2D eigenvalue weighted by atomic mass is 9.72. The molecule has 2 aromatic rings. The number of phenols is 2. The molecule has 4 aliphatic rings. The van der Waals surface area contributed by atoms with Gasteiger partial charge in [-0.05, 0) is 18.9 Å². The molecule has 0 unspecified atom stereocenters. The van der Waals surface area contributed by atoms with Gasteiger partial charge >= 0.3 is 0 Å². The quantitative estimate of drug-likeness (QED) is 0.358. The number of ketones is 3. The second-order valence-electron chi connectivity index (χ2n) is 10.7. The summed E-state index contributed by atoms with van der Waals surface area (Å²) in [7, 11) is 1.36. The summed E-state index contributed by atoms with van der Waals surface area (Å²) < 4.78 is 23.1. The molecule has 0 saturated carbocycles. The van der Waals surface area contributed by atoms with Crippen LogP contribution in [0.5, 0.6) is 17.2 Å². The lowest BCUT2D eigenvalue weighted by Crippen LogP contribution is -2.49. The smallest absolute Gasteiger partial charge is 0.202 e. The van der Waals surface area contributed by atoms with E-state index in [2.05, 4.69) is 5.32 Å². The standard InChI is InChI=1S/C28H29NO10/c1-11-7-17(39-27-22(11)29-10-37-27)38-16-9-28(35,12(2)30)8-14-19(16)26(34)21-20(24(14)32)23(31)13-5-4-6-15(36-3)18(13)25(21)33/h4-6,11,16-17,22,27,29,32,34-35H,7-10H2,1-3H3/t11-,16+,17-,22-,27+,28+/m1/s1. The van der Waals surface area contributed by atoms with Crippen LogP contribution in [-0.4, -0.2) is 70.7 Å². The van der Waals surface area contributed by atoms with Crippen LogP contribution in [0.15, 0.2) is 18.2 Å². The first-order chi connectivity index (χ1) is 18.6. The van der Waals surface area contributed by atoms with E-state index in [1.54, 1.807) is 6.07 Å². The highest BCUT2D eigenvalue weighted by Gasteiger charge is 2.50. The lowest BCUT2D eigenvalue weighted by Gasteiger charge is -2.42. The SMILES string of the molecule is COc1cccc2c1C(=O)c1c(O)c3c(c(O)c1C2=O)C[C@@](O)(C(C)=O)C[C@@H]3O[C@H]1C[C@@H](C)[C@H]2NCO[C@H]2O1. The zero-order chi connectivity index (χ0) is 27.8. The van der Waals surface area contributed by atoms with Gasteiger partial charge in [-0.25, -0.2) is 0 Å². The Morgan fingerprint density at radius 1 is 1.13 bits per heavy atom. The maximum atomic E-state index is 13.7. The zero-order valence-corrected chi connectivity index (χ0v) is 21.6. The number of methoxy groups -OCH3 is 1. The monoisotopic (exact) mass is 539 g/mol. The number of ether oxygens (including phenoxy) is 4. The molecule has 2 aliphatic carbocycles. The molecule has 0 amide bonds. The van der Waals surface area contributed by atoms with Gasteiger partial charge in [0.15, 0.2) is 24.1 Å². The number of Topliss-reactive ketones (excluding diaryl/α,β-unsaturated/α-hetero) is 1. The van der Waals surface area contributed by atoms with Crippen molar-refractivity contribution in [3.05, 3.63) is 51.6 Å². The van der Waals surface area contributed by atoms with Crippen LogP contribution in [0.2, 0.25) is 0 Å². The first-order valence-electron chi connectivity index (χ1n) is 12.8. The predicted molar refractivity (Wildman–Crippen MR) is 133 cm³/mol. The van der Waals surface area contributed by atoms with Gasteiger partial charge in [0.25, 0.3) is 0 Å². The van der Waals surface area contributed by atoms with Crippen molar-refractivity contribution < 1.29 is 48.7 Å². The Hall–Kier alpha value is -3.35. The second-order valence-corrected chi connectivity index (χ2v) is 10.7. The van der Waals surface area contributed by atoms with E-state index in [9.17, 15) is 29.7 Å². The van der Waals surface area contributed by atoms with Crippen molar-refractivity contribution in [2.75, 3.05) is 13.8 Å². The maximum Gasteiger partial charge on any atom is 0.202 e. The molecule has 4 N–H and O–H groups in total. The molecule has 6 rings (SSSR count). The number of fused-ring (bicyclic) bond motifs is 4. The van der Waals surface area contributed by atoms with Gasteiger partial charge in [0.05, 0.1) is 35.9 Å². The average Bonchev–Trinajstić information content (AvgIpc) is 3.38. The van der Waals surface area contributed by atoms with E-state index in [-0.39, 0.29) is 63.9 Å². The summed E-state index contributed by atoms with van der Waals surface area (Å²) in [4.78, 5) is 39.8. The number of benzene rings is 2. The number of carbonyl (C=O) groups is 3. The Labute approximate surface area is 223 Å². The van der Waals surface area contributed by atoms with Crippen LogP contribution >= 0.6 is 0 Å². The van der Waals surface area contributed by atoms with Gasteiger partial charge in [0, 0.05) is 36.0 Å². The van der Waals surface area contributed by atoms with Crippen LogP contribution in [0.25, 0.3) is 0 Å². The molecule has 0 aromatic heterocycles. The third-order valence-electron chi connectivity index (χ3n) is 8.37. The van der Waals surface area contributed by atoms with E-state index in [0.717, 1.165) is 0 Å². The minimum Gasteiger partial charge on any atom is -0.507 e. The number of phenolic OH excluding ortho intramolecular Hbond substituents is 2. The molecular formula is C28H29NO10. The van der Waals surface area contributed by atoms with Crippen LogP contribution in [0.1, 0.15) is 75.8 Å². The number of aliphatic hydroxyl groups is 1. The van der Waals surface area contributed by atoms with E-state index in [0.29, 0.717) is 13.2 Å². The van der Waals surface area contributed by atoms with Gasteiger partial charge in [0.1, 0.15) is 29.6 Å². The van der Waals surface area contributed by atoms with Crippen LogP contribution < -0.4 is 10.1 Å². The molecule has 39 heavy (non-hydrogen) atoms. The molecule has 0 bridgehead atoms. The second kappa shape index (κ2) is 9.10. The molecule has 0 radical (unpaired) electrons. The Bertz CT molecular complexity index is 1420. The van der Waals surface area contributed by atoms with Crippen LogP contribution in [0.3, 0.4) is 0 Å². The largest absolute Gasteiger partial charge is 0.507 e. The number of hydrogen-bond donors (Lipinski definition) is 4. The highest BCUT2D eigenvalue weighted by Crippen LogP contribution is 2.52. The summed E-state index contributed by atoms with van der Waals surface area (Å²) in [5, 5.41) is 37.4. The highest BCUT2D eigenvalue weighted by molar-refractivity contribution is 6.31. The first-order valence-corrected chi connectivity index (χ1v) is 12.8. The number of hydrogen-bond acceptors (Lipinski definition) is 11. The number of carbonyl (C=O) groups excluding carboxylic acids is 3. The topological polar surface area (TPSA) is 161 Å². The minimum absolute atomic E-state index is 0.0104. The fourth-order valence-corrected chi connectivity index (χ4v) is 6.25. The maximum absolute atomic E-state index is 13.7. The van der Waals surface area contributed by atoms with Crippen molar-refractivity contribution in [1.29, 1.82) is 0 Å². The van der Waals surface area contributed by atoms with E-state index in [1.807, 2.05) is 6.92 Å². The Kier molecular flexibility index (Phi) is 6.05. The van der Waals surface area contributed by atoms with Crippen molar-refractivity contribution in [2.24, 2.45) is 5.92 Å². The fraction of sp³-hybridized carbons (Fsp3) is 0.464. The summed E-state index contributed by atoms with van der Waals surface area (Å²) in [6.07, 6.45) is -2.74. The van der Waals surface area contributed by atoms with Crippen molar-refractivity contribution in [3.63, 3.8) is 0 Å². The molecule has 2 aromatic carbocycles. The number of aromatic hydroxyl groups is 2. The Balaban J connectivity index is 1.49. The average molecular weight is 540 g/mol. The van der Waals surface area contributed by atoms with E-state index in [4.69, 9.17) is 18.9 Å². The van der Waals surface area contributed by atoms with Crippen molar-refractivity contribution in [2.45, 2.75) is 63.4 Å². The molecular weight excluding hydrogens is 510 g/mol. The molecule has 6 atom stereocenters. The third kappa shape index (κ3) is 3.80.